The van der Waals surface area contributed by atoms with Crippen LogP contribution in [0, 0.1) is 6.92 Å². The van der Waals surface area contributed by atoms with Crippen molar-refractivity contribution in [2.75, 3.05) is 53.4 Å². The number of ether oxygens (including phenoxy) is 2. The molecule has 9 nitrogen and oxygen atoms in total. The van der Waals surface area contributed by atoms with E-state index in [1.54, 1.807) is 24.4 Å². The molecule has 1 amide bonds. The average molecular weight is 587 g/mol. The third-order valence-corrected chi connectivity index (χ3v) is 7.69. The second-order valence-electron chi connectivity index (χ2n) is 11.5. The number of rotatable bonds is 9. The van der Waals surface area contributed by atoms with Crippen LogP contribution < -0.4 is 20.2 Å². The zero-order valence-electron chi connectivity index (χ0n) is 25.5. The number of carbonyl (C=O) groups excluding carboxylic acids is 1. The van der Waals surface area contributed by atoms with E-state index in [9.17, 15) is 9.59 Å². The fraction of sp³-hybridized carbons (Fsp3) is 0.441. The highest BCUT2D eigenvalue weighted by Crippen LogP contribution is 2.31. The highest BCUT2D eigenvalue weighted by molar-refractivity contribution is 5.93. The van der Waals surface area contributed by atoms with Crippen LogP contribution >= 0.6 is 0 Å². The van der Waals surface area contributed by atoms with Crippen LogP contribution in [0.1, 0.15) is 43.4 Å². The van der Waals surface area contributed by atoms with Gasteiger partial charge in [-0.3, -0.25) is 14.6 Å². The number of benzene rings is 2. The van der Waals surface area contributed by atoms with Gasteiger partial charge in [-0.25, -0.2) is 0 Å². The molecule has 0 unspecified atom stereocenters. The topological polar surface area (TPSA) is 97.1 Å². The van der Waals surface area contributed by atoms with Crippen molar-refractivity contribution in [2.24, 2.45) is 0 Å². The Balaban J connectivity index is 0.000000668. The van der Waals surface area contributed by atoms with E-state index in [4.69, 9.17) is 13.9 Å². The Morgan fingerprint density at radius 3 is 2.44 bits per heavy atom. The third-order valence-electron chi connectivity index (χ3n) is 7.69. The highest BCUT2D eigenvalue weighted by atomic mass is 16.5. The minimum absolute atomic E-state index is 0.108. The van der Waals surface area contributed by atoms with Crippen molar-refractivity contribution in [1.82, 2.24) is 20.1 Å². The summed E-state index contributed by atoms with van der Waals surface area (Å²) in [6.45, 7) is 7.39. The van der Waals surface area contributed by atoms with Gasteiger partial charge in [0, 0.05) is 37.8 Å². The fourth-order valence-electron chi connectivity index (χ4n) is 5.29. The predicted octanol–water partition coefficient (Wildman–Crippen LogP) is 5.31. The summed E-state index contributed by atoms with van der Waals surface area (Å²) in [5.41, 5.74) is 2.52. The minimum Gasteiger partial charge on any atom is -0.488 e. The van der Waals surface area contributed by atoms with E-state index in [0.717, 1.165) is 43.7 Å². The van der Waals surface area contributed by atoms with E-state index in [1.165, 1.54) is 25.9 Å². The molecule has 4 heterocycles. The number of likely N-dealkylation sites (tertiary alicyclic amines) is 1. The van der Waals surface area contributed by atoms with Gasteiger partial charge in [0.15, 0.2) is 11.3 Å². The monoisotopic (exact) mass is 586 g/mol. The summed E-state index contributed by atoms with van der Waals surface area (Å²) in [7, 11) is 3.96. The number of nitrogens with one attached hydrogen (secondary N) is 1. The molecule has 43 heavy (non-hydrogen) atoms. The van der Waals surface area contributed by atoms with Crippen molar-refractivity contribution in [3.63, 3.8) is 0 Å². The summed E-state index contributed by atoms with van der Waals surface area (Å²) >= 11 is 0. The van der Waals surface area contributed by atoms with Gasteiger partial charge in [-0.1, -0.05) is 0 Å². The number of aryl methyl sites for hydroxylation is 2. The van der Waals surface area contributed by atoms with Crippen molar-refractivity contribution < 1.29 is 18.7 Å². The van der Waals surface area contributed by atoms with Gasteiger partial charge in [0.2, 0.25) is 11.3 Å². The highest BCUT2D eigenvalue weighted by Gasteiger charge is 2.18. The fourth-order valence-corrected chi connectivity index (χ4v) is 5.29. The van der Waals surface area contributed by atoms with Crippen molar-refractivity contribution in [3.05, 3.63) is 70.1 Å². The van der Waals surface area contributed by atoms with E-state index < -0.39 is 0 Å². The summed E-state index contributed by atoms with van der Waals surface area (Å²) < 4.78 is 18.2. The third kappa shape index (κ3) is 8.12. The van der Waals surface area contributed by atoms with Crippen LogP contribution in [0.2, 0.25) is 0 Å². The van der Waals surface area contributed by atoms with Gasteiger partial charge in [-0.2, -0.15) is 0 Å². The van der Waals surface area contributed by atoms with Gasteiger partial charge in [0.05, 0.1) is 17.0 Å². The zero-order valence-corrected chi connectivity index (χ0v) is 25.5. The van der Waals surface area contributed by atoms with Crippen LogP contribution in [0.3, 0.4) is 0 Å². The molecule has 6 rings (SSSR count). The van der Waals surface area contributed by atoms with E-state index in [1.807, 2.05) is 55.1 Å². The van der Waals surface area contributed by atoms with E-state index in [2.05, 4.69) is 10.3 Å². The molecule has 0 bridgehead atoms. The molecule has 0 saturated carbocycles. The molecule has 2 aromatic carbocycles. The van der Waals surface area contributed by atoms with Gasteiger partial charge >= 0.3 is 0 Å². The lowest BCUT2D eigenvalue weighted by atomic mass is 10.1. The minimum atomic E-state index is -0.108. The molecule has 2 saturated heterocycles. The number of carbonyl (C=O) groups is 1. The lowest BCUT2D eigenvalue weighted by Crippen LogP contribution is -2.27. The number of nitrogens with zero attached hydrogens (tertiary/aromatic N) is 3. The number of hydrogen-bond acceptors (Lipinski definition) is 8. The van der Waals surface area contributed by atoms with Crippen LogP contribution in [0.5, 0.6) is 17.2 Å². The van der Waals surface area contributed by atoms with Crippen LogP contribution in [-0.4, -0.2) is 74.1 Å². The molecule has 2 fully saturated rings. The maximum atomic E-state index is 13.3. The van der Waals surface area contributed by atoms with Gasteiger partial charge in [0.25, 0.3) is 0 Å². The Hall–Kier alpha value is -3.95. The molecule has 1 N–H and O–H groups in total. The molecular weight excluding hydrogens is 544 g/mol. The first-order chi connectivity index (χ1) is 20.9. The molecule has 0 radical (unpaired) electrons. The number of pyridine rings is 1. The summed E-state index contributed by atoms with van der Waals surface area (Å²) in [6, 6.07) is 12.6. The van der Waals surface area contributed by atoms with Crippen molar-refractivity contribution in [3.8, 4) is 17.2 Å². The Morgan fingerprint density at radius 1 is 1.00 bits per heavy atom. The van der Waals surface area contributed by atoms with E-state index in [0.29, 0.717) is 58.6 Å². The maximum Gasteiger partial charge on any atom is 0.222 e. The predicted molar refractivity (Wildman–Crippen MR) is 169 cm³/mol. The van der Waals surface area contributed by atoms with Crippen molar-refractivity contribution >= 4 is 27.8 Å². The second kappa shape index (κ2) is 14.5. The number of fused-ring (bicyclic) bond motifs is 2. The molecule has 0 atom stereocenters. The summed E-state index contributed by atoms with van der Waals surface area (Å²) in [4.78, 5) is 34.0. The van der Waals surface area contributed by atoms with Crippen molar-refractivity contribution in [2.45, 2.75) is 45.4 Å². The maximum absolute atomic E-state index is 13.3. The van der Waals surface area contributed by atoms with Crippen LogP contribution in [-0.2, 0) is 11.2 Å². The number of aromatic nitrogens is 1. The van der Waals surface area contributed by atoms with Gasteiger partial charge in [0.1, 0.15) is 23.7 Å². The molecule has 0 aliphatic carbocycles. The number of likely N-dealkylation sites (N-methyl/N-ethyl adjacent to an activating group) is 1. The van der Waals surface area contributed by atoms with Crippen molar-refractivity contribution in [1.29, 1.82) is 0 Å². The summed E-state index contributed by atoms with van der Waals surface area (Å²) in [5, 5.41) is 4.19. The Kier molecular flexibility index (Phi) is 10.3. The summed E-state index contributed by atoms with van der Waals surface area (Å²) in [5.74, 6) is 1.83. The number of hydrogen-bond donors (Lipinski definition) is 1. The molecule has 2 aromatic heterocycles. The first-order valence-corrected chi connectivity index (χ1v) is 15.3. The Morgan fingerprint density at radius 2 is 1.77 bits per heavy atom. The molecule has 2 aliphatic heterocycles. The van der Waals surface area contributed by atoms with Gasteiger partial charge in [-0.15, -0.1) is 0 Å². The van der Waals surface area contributed by atoms with E-state index in [-0.39, 0.29) is 11.3 Å². The molecule has 2 aliphatic rings. The molecule has 0 spiro atoms. The normalized spacial score (nSPS) is 14.7. The average Bonchev–Trinajstić information content (AvgIpc) is 3.75. The van der Waals surface area contributed by atoms with E-state index >= 15 is 0 Å². The lowest BCUT2D eigenvalue weighted by molar-refractivity contribution is -0.130. The Labute approximate surface area is 252 Å². The zero-order chi connectivity index (χ0) is 30.2. The van der Waals surface area contributed by atoms with Crippen LogP contribution in [0.15, 0.2) is 57.9 Å². The second-order valence-corrected chi connectivity index (χ2v) is 11.5. The quantitative estimate of drug-likeness (QED) is 0.264. The van der Waals surface area contributed by atoms with Gasteiger partial charge < -0.3 is 29.0 Å². The largest absolute Gasteiger partial charge is 0.488 e. The Bertz CT molecular complexity index is 1580. The van der Waals surface area contributed by atoms with Gasteiger partial charge in [-0.05, 0) is 108 Å². The smallest absolute Gasteiger partial charge is 0.222 e. The first kappa shape index (κ1) is 30.5. The van der Waals surface area contributed by atoms with Crippen LogP contribution in [0.4, 0.5) is 0 Å². The first-order valence-electron chi connectivity index (χ1n) is 15.3. The standard InChI is InChI=1S/C30H33N3O5.C4H9N/c1-20-16-25-29(35)24-10-9-22(18-26(24)38-30(25)27(17-20)36-15-14-32(2)3)37-23-8-6-21(31-19-23)7-11-28(34)33-12-4-5-13-33;1-2-4-5-3-1/h6,8-10,16-19H,4-5,7,11-15H2,1-3H3;5H,1-4H2. The molecule has 9 heteroatoms. The molecule has 4 aromatic rings. The SMILES string of the molecule is C1CCNC1.Cc1cc(OCCN(C)C)c2oc3cc(Oc4ccc(CCC(=O)N5CCCC5)nc4)ccc3c(=O)c2c1. The lowest BCUT2D eigenvalue weighted by Gasteiger charge is -2.14. The number of amides is 1. The molecular formula is C34H42N4O5. The van der Waals surface area contributed by atoms with Crippen LogP contribution in [0.25, 0.3) is 21.9 Å². The summed E-state index contributed by atoms with van der Waals surface area (Å²) in [6.07, 6.45) is 7.68. The molecule has 228 valence electrons.